The van der Waals surface area contributed by atoms with Crippen LogP contribution in [0.15, 0.2) is 29.4 Å². The number of aromatic nitrogens is 3. The number of esters is 1. The van der Waals surface area contributed by atoms with Gasteiger partial charge in [0.2, 0.25) is 15.0 Å². The number of carbonyl (C=O) groups excluding carboxylic acids is 1. The monoisotopic (exact) mass is 408 g/mol. The van der Waals surface area contributed by atoms with Crippen molar-refractivity contribution in [2.45, 2.75) is 51.4 Å². The van der Waals surface area contributed by atoms with Crippen LogP contribution in [-0.2, 0) is 25.9 Å². The average Bonchev–Trinajstić information content (AvgIpc) is 3.11. The van der Waals surface area contributed by atoms with Crippen LogP contribution < -0.4 is 5.73 Å². The Morgan fingerprint density at radius 2 is 1.89 bits per heavy atom. The van der Waals surface area contributed by atoms with Crippen molar-refractivity contribution in [1.82, 2.24) is 14.8 Å². The Morgan fingerprint density at radius 3 is 2.46 bits per heavy atom. The van der Waals surface area contributed by atoms with Crippen LogP contribution in [0.3, 0.4) is 0 Å². The molecule has 28 heavy (non-hydrogen) atoms. The van der Waals surface area contributed by atoms with Gasteiger partial charge in [-0.3, -0.25) is 9.36 Å². The van der Waals surface area contributed by atoms with Gasteiger partial charge in [-0.2, -0.15) is 0 Å². The molecule has 2 N–H and O–H groups in total. The highest BCUT2D eigenvalue weighted by Gasteiger charge is 2.29. The van der Waals surface area contributed by atoms with E-state index >= 15 is 0 Å². The number of hydrogen-bond donors (Lipinski definition) is 1. The fourth-order valence-corrected chi connectivity index (χ4v) is 4.00. The zero-order valence-corrected chi connectivity index (χ0v) is 17.6. The van der Waals surface area contributed by atoms with Crippen molar-refractivity contribution < 1.29 is 17.9 Å². The van der Waals surface area contributed by atoms with E-state index in [4.69, 9.17) is 5.73 Å². The second-order valence-corrected chi connectivity index (χ2v) is 8.97. The largest absolute Gasteiger partial charge is 0.469 e. The predicted octanol–water partition coefficient (Wildman–Crippen LogP) is 2.02. The third-order valence-electron chi connectivity index (χ3n) is 4.84. The van der Waals surface area contributed by atoms with E-state index in [9.17, 15) is 13.2 Å². The van der Waals surface area contributed by atoms with E-state index in [1.807, 2.05) is 45.0 Å². The SMILES string of the molecule is CC[C@H](C)[C@@H](N)c1nnc(S(=O)(=O)CCC(=O)OC)n1Cc1ccc(C)cc1. The number of nitrogens with two attached hydrogens (primary N) is 1. The average molecular weight is 409 g/mol. The number of ether oxygens (including phenoxy) is 1. The fourth-order valence-electron chi connectivity index (χ4n) is 2.72. The summed E-state index contributed by atoms with van der Waals surface area (Å²) in [7, 11) is -2.62. The van der Waals surface area contributed by atoms with Crippen molar-refractivity contribution in [2.24, 2.45) is 11.7 Å². The molecule has 0 spiro atoms. The number of nitrogens with zero attached hydrogens (tertiary/aromatic N) is 3. The van der Waals surface area contributed by atoms with Crippen LogP contribution in [0, 0.1) is 12.8 Å². The Hall–Kier alpha value is -2.26. The van der Waals surface area contributed by atoms with E-state index in [0.717, 1.165) is 17.5 Å². The molecular weight excluding hydrogens is 380 g/mol. The van der Waals surface area contributed by atoms with Gasteiger partial charge < -0.3 is 10.5 Å². The molecule has 0 saturated carbocycles. The highest BCUT2D eigenvalue weighted by molar-refractivity contribution is 7.91. The van der Waals surface area contributed by atoms with Gasteiger partial charge in [0.25, 0.3) is 0 Å². The lowest BCUT2D eigenvalue weighted by atomic mass is 9.99. The van der Waals surface area contributed by atoms with Gasteiger partial charge in [0.05, 0.1) is 31.9 Å². The van der Waals surface area contributed by atoms with Crippen molar-refractivity contribution in [3.63, 3.8) is 0 Å². The fraction of sp³-hybridized carbons (Fsp3) is 0.526. The molecule has 0 unspecified atom stereocenters. The molecule has 9 heteroatoms. The molecule has 1 aromatic carbocycles. The molecule has 2 rings (SSSR count). The molecule has 0 aliphatic rings. The van der Waals surface area contributed by atoms with Gasteiger partial charge in [0, 0.05) is 0 Å². The first-order chi connectivity index (χ1) is 13.2. The zero-order valence-electron chi connectivity index (χ0n) is 16.8. The number of aryl methyl sites for hydroxylation is 1. The molecule has 1 aromatic heterocycles. The number of hydrogen-bond acceptors (Lipinski definition) is 7. The summed E-state index contributed by atoms with van der Waals surface area (Å²) in [5.74, 6) is -0.465. The molecule has 2 aromatic rings. The molecule has 0 saturated heterocycles. The highest BCUT2D eigenvalue weighted by atomic mass is 32.2. The molecule has 1 heterocycles. The topological polar surface area (TPSA) is 117 Å². The van der Waals surface area contributed by atoms with E-state index in [-0.39, 0.29) is 24.0 Å². The summed E-state index contributed by atoms with van der Waals surface area (Å²) in [6.07, 6.45) is 0.575. The van der Waals surface area contributed by atoms with Crippen LogP contribution >= 0.6 is 0 Å². The van der Waals surface area contributed by atoms with Gasteiger partial charge in [0.1, 0.15) is 0 Å². The molecule has 0 fully saturated rings. The van der Waals surface area contributed by atoms with Crippen molar-refractivity contribution in [1.29, 1.82) is 0 Å². The summed E-state index contributed by atoms with van der Waals surface area (Å²) < 4.78 is 31.7. The Kier molecular flexibility index (Phi) is 7.31. The van der Waals surface area contributed by atoms with Gasteiger partial charge in [-0.25, -0.2) is 8.42 Å². The third kappa shape index (κ3) is 5.17. The summed E-state index contributed by atoms with van der Waals surface area (Å²) in [6, 6.07) is 7.32. The first-order valence-electron chi connectivity index (χ1n) is 9.23. The van der Waals surface area contributed by atoms with Crippen LogP contribution in [0.1, 0.15) is 49.7 Å². The Bertz CT molecular complexity index is 907. The lowest BCUT2D eigenvalue weighted by Gasteiger charge is -2.19. The van der Waals surface area contributed by atoms with Crippen LogP contribution in [0.4, 0.5) is 0 Å². The summed E-state index contributed by atoms with van der Waals surface area (Å²) in [5.41, 5.74) is 8.35. The molecule has 2 atom stereocenters. The first kappa shape index (κ1) is 22.0. The first-order valence-corrected chi connectivity index (χ1v) is 10.9. The van der Waals surface area contributed by atoms with Gasteiger partial charge in [-0.1, -0.05) is 50.1 Å². The predicted molar refractivity (Wildman–Crippen MR) is 105 cm³/mol. The lowest BCUT2D eigenvalue weighted by molar-refractivity contribution is -0.140. The molecule has 8 nitrogen and oxygen atoms in total. The molecular formula is C19H28N4O4S. The number of methoxy groups -OCH3 is 1. The highest BCUT2D eigenvalue weighted by Crippen LogP contribution is 2.24. The number of carbonyl (C=O) groups is 1. The Morgan fingerprint density at radius 1 is 1.25 bits per heavy atom. The van der Waals surface area contributed by atoms with Gasteiger partial charge in [-0.15, -0.1) is 10.2 Å². The molecule has 0 aliphatic heterocycles. The minimum atomic E-state index is -3.84. The van der Waals surface area contributed by atoms with Crippen molar-refractivity contribution >= 4 is 15.8 Å². The van der Waals surface area contributed by atoms with Crippen LogP contribution in [0.2, 0.25) is 0 Å². The molecule has 154 valence electrons. The number of benzene rings is 1. The standard InChI is InChI=1S/C19H28N4O4S/c1-5-14(3)17(20)18-21-22-19(28(25,26)11-10-16(24)27-4)23(18)12-15-8-6-13(2)7-9-15/h6-9,14,17H,5,10-12,20H2,1-4H3/t14-,17+/m0/s1. The lowest BCUT2D eigenvalue weighted by Crippen LogP contribution is -2.25. The maximum Gasteiger partial charge on any atom is 0.306 e. The zero-order chi connectivity index (χ0) is 20.9. The maximum atomic E-state index is 12.8. The van der Waals surface area contributed by atoms with E-state index in [2.05, 4.69) is 14.9 Å². The van der Waals surface area contributed by atoms with Gasteiger partial charge in [-0.05, 0) is 18.4 Å². The smallest absolute Gasteiger partial charge is 0.306 e. The molecule has 0 radical (unpaired) electrons. The number of sulfone groups is 1. The normalized spacial score (nSPS) is 13.9. The minimum absolute atomic E-state index is 0.103. The Labute approximate surface area is 166 Å². The van der Waals surface area contributed by atoms with Gasteiger partial charge in [0.15, 0.2) is 5.82 Å². The van der Waals surface area contributed by atoms with Crippen molar-refractivity contribution in [3.8, 4) is 0 Å². The van der Waals surface area contributed by atoms with Gasteiger partial charge >= 0.3 is 5.97 Å². The molecule has 0 bridgehead atoms. The summed E-state index contributed by atoms with van der Waals surface area (Å²) in [4.78, 5) is 11.4. The van der Waals surface area contributed by atoms with Crippen LogP contribution in [0.5, 0.6) is 0 Å². The quantitative estimate of drug-likeness (QED) is 0.631. The number of rotatable bonds is 9. The molecule has 0 amide bonds. The summed E-state index contributed by atoms with van der Waals surface area (Å²) in [6.45, 7) is 6.26. The van der Waals surface area contributed by atoms with E-state index in [1.54, 1.807) is 4.57 Å². The van der Waals surface area contributed by atoms with Crippen molar-refractivity contribution in [2.75, 3.05) is 12.9 Å². The summed E-state index contributed by atoms with van der Waals surface area (Å²) in [5, 5.41) is 7.87. The second-order valence-electron chi connectivity index (χ2n) is 6.97. The maximum absolute atomic E-state index is 12.8. The summed E-state index contributed by atoms with van der Waals surface area (Å²) >= 11 is 0. The van der Waals surface area contributed by atoms with E-state index in [1.165, 1.54) is 7.11 Å². The van der Waals surface area contributed by atoms with E-state index < -0.39 is 27.6 Å². The second kappa shape index (κ2) is 9.29. The Balaban J connectivity index is 2.45. The van der Waals surface area contributed by atoms with Crippen molar-refractivity contribution in [3.05, 3.63) is 41.2 Å². The van der Waals surface area contributed by atoms with E-state index in [0.29, 0.717) is 5.82 Å². The third-order valence-corrected chi connectivity index (χ3v) is 6.44. The van der Waals surface area contributed by atoms with Crippen LogP contribution in [-0.4, -0.2) is 42.0 Å². The van der Waals surface area contributed by atoms with Crippen LogP contribution in [0.25, 0.3) is 0 Å². The molecule has 0 aliphatic carbocycles. The minimum Gasteiger partial charge on any atom is -0.469 e.